The summed E-state index contributed by atoms with van der Waals surface area (Å²) in [6, 6.07) is 7.66. The molecule has 0 atom stereocenters. The second-order valence-electron chi connectivity index (χ2n) is 6.00. The third-order valence-corrected chi connectivity index (χ3v) is 5.15. The molecular weight excluding hydrogens is 366 g/mol. The van der Waals surface area contributed by atoms with Crippen molar-refractivity contribution in [2.75, 3.05) is 26.8 Å². The van der Waals surface area contributed by atoms with Crippen molar-refractivity contribution in [1.82, 2.24) is 14.8 Å². The molecule has 2 heterocycles. The molecule has 2 aromatic rings. The van der Waals surface area contributed by atoms with E-state index in [0.717, 1.165) is 28.2 Å². The van der Waals surface area contributed by atoms with Crippen LogP contribution in [0.15, 0.2) is 35.4 Å². The topological polar surface area (TPSA) is 80.6 Å². The molecule has 1 N–H and O–H groups in total. The molecule has 1 aliphatic rings. The fourth-order valence-electron chi connectivity index (χ4n) is 2.94. The number of thioether (sulfide) groups is 1. The zero-order valence-electron chi connectivity index (χ0n) is 15.2. The zero-order valence-corrected chi connectivity index (χ0v) is 16.0. The third-order valence-electron chi connectivity index (χ3n) is 4.24. The third kappa shape index (κ3) is 4.06. The predicted octanol–water partition coefficient (Wildman–Crippen LogP) is 2.46. The van der Waals surface area contributed by atoms with Crippen LogP contribution in [0.5, 0.6) is 0 Å². The summed E-state index contributed by atoms with van der Waals surface area (Å²) < 4.78 is 6.77. The molecule has 1 fully saturated rings. The van der Waals surface area contributed by atoms with Crippen LogP contribution >= 0.6 is 11.8 Å². The lowest BCUT2D eigenvalue weighted by molar-refractivity contribution is -0.123. The minimum Gasteiger partial charge on any atom is -0.383 e. The van der Waals surface area contributed by atoms with Crippen LogP contribution in [0.25, 0.3) is 17.0 Å². The lowest BCUT2D eigenvalue weighted by Gasteiger charge is -2.06. The fraction of sp³-hybridized carbons (Fsp3) is 0.316. The smallest absolute Gasteiger partial charge is 0.293 e. The van der Waals surface area contributed by atoms with E-state index in [4.69, 9.17) is 4.74 Å². The Morgan fingerprint density at radius 1 is 1.30 bits per heavy atom. The number of nitrogens with one attached hydrogen (secondary N) is 1. The summed E-state index contributed by atoms with van der Waals surface area (Å²) in [5.41, 5.74) is 1.69. The Morgan fingerprint density at radius 2 is 2.07 bits per heavy atom. The van der Waals surface area contributed by atoms with E-state index in [1.165, 1.54) is 4.90 Å². The standard InChI is InChI=1S/C19H21N3O4S/c1-3-22-18(24)16(27-19(22)25)10-13-11-21(12-17(23)20-8-9-26-2)15-7-5-4-6-14(13)15/h4-7,10-11H,3,8-9,12H2,1-2H3,(H,20,23)/b16-10-. The number of hydrogen-bond donors (Lipinski definition) is 1. The van der Waals surface area contributed by atoms with Crippen LogP contribution in [0.2, 0.25) is 0 Å². The fourth-order valence-corrected chi connectivity index (χ4v) is 3.83. The maximum Gasteiger partial charge on any atom is 0.293 e. The van der Waals surface area contributed by atoms with Crippen LogP contribution in [-0.4, -0.2) is 53.3 Å². The summed E-state index contributed by atoms with van der Waals surface area (Å²) in [6.45, 7) is 3.19. The number of ether oxygens (including phenoxy) is 1. The van der Waals surface area contributed by atoms with Crippen molar-refractivity contribution < 1.29 is 19.1 Å². The normalized spacial score (nSPS) is 15.9. The second-order valence-corrected chi connectivity index (χ2v) is 6.99. The molecule has 0 saturated carbocycles. The highest BCUT2D eigenvalue weighted by Crippen LogP contribution is 2.33. The number of aromatic nitrogens is 1. The van der Waals surface area contributed by atoms with Crippen LogP contribution < -0.4 is 5.32 Å². The van der Waals surface area contributed by atoms with Crippen molar-refractivity contribution in [3.8, 4) is 0 Å². The Kier molecular flexibility index (Phi) is 5.98. The van der Waals surface area contributed by atoms with E-state index in [1.807, 2.05) is 35.0 Å². The van der Waals surface area contributed by atoms with Gasteiger partial charge in [-0.1, -0.05) is 18.2 Å². The molecule has 0 spiro atoms. The summed E-state index contributed by atoms with van der Waals surface area (Å²) in [7, 11) is 1.58. The number of para-hydroxylation sites is 1. The highest BCUT2D eigenvalue weighted by atomic mass is 32.2. The summed E-state index contributed by atoms with van der Waals surface area (Å²) in [6.07, 6.45) is 3.56. The Balaban J connectivity index is 1.89. The molecule has 142 valence electrons. The van der Waals surface area contributed by atoms with Gasteiger partial charge in [0.15, 0.2) is 0 Å². The average molecular weight is 387 g/mol. The predicted molar refractivity (Wildman–Crippen MR) is 105 cm³/mol. The summed E-state index contributed by atoms with van der Waals surface area (Å²) in [5.74, 6) is -0.396. The Hall–Kier alpha value is -2.58. The van der Waals surface area contributed by atoms with Gasteiger partial charge in [0.2, 0.25) is 5.91 Å². The van der Waals surface area contributed by atoms with E-state index >= 15 is 0 Å². The van der Waals surface area contributed by atoms with Gasteiger partial charge < -0.3 is 14.6 Å². The number of imide groups is 1. The van der Waals surface area contributed by atoms with E-state index in [-0.39, 0.29) is 23.6 Å². The molecular formula is C19H21N3O4S. The van der Waals surface area contributed by atoms with E-state index in [2.05, 4.69) is 5.32 Å². The number of rotatable bonds is 7. The van der Waals surface area contributed by atoms with Crippen molar-refractivity contribution >= 4 is 45.8 Å². The van der Waals surface area contributed by atoms with E-state index in [9.17, 15) is 14.4 Å². The van der Waals surface area contributed by atoms with Gasteiger partial charge in [0.25, 0.3) is 11.1 Å². The first-order chi connectivity index (χ1) is 13.0. The molecule has 1 aromatic heterocycles. The molecule has 3 amide bonds. The molecule has 8 heteroatoms. The average Bonchev–Trinajstić information content (AvgIpc) is 3.13. The summed E-state index contributed by atoms with van der Waals surface area (Å²) >= 11 is 0.943. The Morgan fingerprint density at radius 3 is 2.78 bits per heavy atom. The van der Waals surface area contributed by atoms with Crippen LogP contribution in [0.3, 0.4) is 0 Å². The van der Waals surface area contributed by atoms with Gasteiger partial charge in [-0.25, -0.2) is 0 Å². The Bertz CT molecular complexity index is 919. The van der Waals surface area contributed by atoms with Gasteiger partial charge in [-0.3, -0.25) is 19.3 Å². The van der Waals surface area contributed by atoms with E-state index in [0.29, 0.717) is 24.6 Å². The number of amides is 3. The minimum atomic E-state index is -0.276. The molecule has 1 aromatic carbocycles. The SMILES string of the molecule is CCN1C(=O)S/C(=C\c2cn(CC(=O)NCCOC)c3ccccc23)C1=O. The molecule has 0 bridgehead atoms. The minimum absolute atomic E-state index is 0.120. The first-order valence-electron chi connectivity index (χ1n) is 8.64. The van der Waals surface area contributed by atoms with Gasteiger partial charge in [0.05, 0.1) is 11.5 Å². The number of hydrogen-bond acceptors (Lipinski definition) is 5. The molecule has 0 unspecified atom stereocenters. The molecule has 27 heavy (non-hydrogen) atoms. The van der Waals surface area contributed by atoms with Gasteiger partial charge in [-0.15, -0.1) is 0 Å². The maximum atomic E-state index is 12.4. The van der Waals surface area contributed by atoms with Crippen molar-refractivity contribution in [2.45, 2.75) is 13.5 Å². The highest BCUT2D eigenvalue weighted by Gasteiger charge is 2.33. The quantitative estimate of drug-likeness (QED) is 0.583. The number of nitrogens with zero attached hydrogens (tertiary/aromatic N) is 2. The molecule has 7 nitrogen and oxygen atoms in total. The van der Waals surface area contributed by atoms with Crippen LogP contribution in [0.1, 0.15) is 12.5 Å². The van der Waals surface area contributed by atoms with Gasteiger partial charge in [-0.05, 0) is 30.8 Å². The molecule has 0 radical (unpaired) electrons. The molecule has 3 rings (SSSR count). The highest BCUT2D eigenvalue weighted by molar-refractivity contribution is 8.18. The molecule has 0 aliphatic carbocycles. The summed E-state index contributed by atoms with van der Waals surface area (Å²) in [4.78, 5) is 38.0. The first-order valence-corrected chi connectivity index (χ1v) is 9.45. The number of likely N-dealkylation sites (N-methyl/N-ethyl adjacent to an activating group) is 1. The molecule has 1 aliphatic heterocycles. The van der Waals surface area contributed by atoms with Gasteiger partial charge in [0.1, 0.15) is 6.54 Å². The first kappa shape index (κ1) is 19.2. The van der Waals surface area contributed by atoms with Gasteiger partial charge in [0, 0.05) is 42.9 Å². The van der Waals surface area contributed by atoms with Crippen LogP contribution in [0, 0.1) is 0 Å². The summed E-state index contributed by atoms with van der Waals surface area (Å²) in [5, 5.41) is 3.46. The largest absolute Gasteiger partial charge is 0.383 e. The monoisotopic (exact) mass is 387 g/mol. The number of fused-ring (bicyclic) bond motifs is 1. The van der Waals surface area contributed by atoms with Crippen molar-refractivity contribution in [3.05, 3.63) is 40.9 Å². The second kappa shape index (κ2) is 8.41. The van der Waals surface area contributed by atoms with Crippen molar-refractivity contribution in [2.24, 2.45) is 0 Å². The number of methoxy groups -OCH3 is 1. The zero-order chi connectivity index (χ0) is 19.4. The Labute approximate surface area is 161 Å². The van der Waals surface area contributed by atoms with Crippen LogP contribution in [-0.2, 0) is 20.9 Å². The lowest BCUT2D eigenvalue weighted by atomic mass is 10.1. The lowest BCUT2D eigenvalue weighted by Crippen LogP contribution is -2.30. The van der Waals surface area contributed by atoms with E-state index in [1.54, 1.807) is 20.1 Å². The number of carbonyl (C=O) groups is 3. The molecule has 1 saturated heterocycles. The van der Waals surface area contributed by atoms with Gasteiger partial charge in [-0.2, -0.15) is 0 Å². The van der Waals surface area contributed by atoms with Crippen LogP contribution in [0.4, 0.5) is 4.79 Å². The van der Waals surface area contributed by atoms with E-state index < -0.39 is 0 Å². The van der Waals surface area contributed by atoms with Crippen molar-refractivity contribution in [3.63, 3.8) is 0 Å². The number of carbonyl (C=O) groups excluding carboxylic acids is 3. The van der Waals surface area contributed by atoms with Gasteiger partial charge >= 0.3 is 0 Å². The maximum absolute atomic E-state index is 12.4. The number of benzene rings is 1. The van der Waals surface area contributed by atoms with Crippen molar-refractivity contribution in [1.29, 1.82) is 0 Å².